The monoisotopic (exact) mass is 363 g/mol. The van der Waals surface area contributed by atoms with Gasteiger partial charge in [-0.1, -0.05) is 6.07 Å². The van der Waals surface area contributed by atoms with Crippen LogP contribution >= 0.6 is 24.0 Å². The summed E-state index contributed by atoms with van der Waals surface area (Å²) in [6.07, 6.45) is 1.86. The molecule has 0 aliphatic rings. The Labute approximate surface area is 126 Å². The Balaban J connectivity index is 0.00000289. The van der Waals surface area contributed by atoms with Crippen molar-refractivity contribution in [1.82, 2.24) is 10.3 Å². The van der Waals surface area contributed by atoms with Gasteiger partial charge in [0.25, 0.3) is 0 Å². The van der Waals surface area contributed by atoms with Gasteiger partial charge in [0.05, 0.1) is 0 Å². The molecule has 0 bridgehead atoms. The summed E-state index contributed by atoms with van der Waals surface area (Å²) in [5.74, 6) is 1.45. The molecule has 0 amide bonds. The minimum absolute atomic E-state index is 0. The summed E-state index contributed by atoms with van der Waals surface area (Å²) in [6, 6.07) is 4.08. The second kappa shape index (κ2) is 8.96. The molecule has 0 unspecified atom stereocenters. The molecule has 3 N–H and O–H groups in total. The number of guanidine groups is 1. The number of hydrogen-bond donors (Lipinski definition) is 2. The Hall–Kier alpha value is -1.05. The Morgan fingerprint density at radius 3 is 2.50 bits per heavy atom. The van der Waals surface area contributed by atoms with Gasteiger partial charge in [-0.2, -0.15) is 0 Å². The second-order valence-electron chi connectivity index (χ2n) is 3.66. The van der Waals surface area contributed by atoms with E-state index in [1.165, 1.54) is 0 Å². The van der Waals surface area contributed by atoms with Crippen LogP contribution in [-0.4, -0.2) is 31.1 Å². The molecule has 0 spiro atoms. The number of aliphatic imine (C=N–C) groups is 1. The topological polar surface area (TPSA) is 66.5 Å². The highest BCUT2D eigenvalue weighted by Crippen LogP contribution is 2.10. The van der Waals surface area contributed by atoms with Crippen LogP contribution in [0.25, 0.3) is 0 Å². The van der Waals surface area contributed by atoms with Crippen molar-refractivity contribution in [3.63, 3.8) is 0 Å². The molecule has 0 saturated heterocycles. The first kappa shape index (κ1) is 16.9. The van der Waals surface area contributed by atoms with Crippen LogP contribution < -0.4 is 16.0 Å². The average Bonchev–Trinajstić information content (AvgIpc) is 2.38. The smallest absolute Gasteiger partial charge is 0.188 e. The first-order valence-corrected chi connectivity index (χ1v) is 5.87. The molecular formula is C12H22IN5. The molecule has 1 aromatic heterocycles. The van der Waals surface area contributed by atoms with E-state index in [4.69, 9.17) is 5.73 Å². The molecule has 0 aliphatic carbocycles. The number of nitrogens with one attached hydrogen (secondary N) is 1. The Kier molecular flexibility index (Phi) is 8.43. The zero-order chi connectivity index (χ0) is 12.7. The molecule has 6 heteroatoms. The van der Waals surface area contributed by atoms with Crippen LogP contribution in [0.5, 0.6) is 0 Å². The van der Waals surface area contributed by atoms with Crippen molar-refractivity contribution in [3.8, 4) is 0 Å². The summed E-state index contributed by atoms with van der Waals surface area (Å²) in [5, 5.41) is 3.00. The van der Waals surface area contributed by atoms with Crippen molar-refractivity contribution in [3.05, 3.63) is 23.9 Å². The van der Waals surface area contributed by atoms with Crippen molar-refractivity contribution >= 4 is 35.8 Å². The molecule has 0 fully saturated rings. The maximum absolute atomic E-state index is 5.55. The third-order valence-electron chi connectivity index (χ3n) is 2.61. The molecule has 0 radical (unpaired) electrons. The van der Waals surface area contributed by atoms with Crippen molar-refractivity contribution in [2.75, 3.05) is 25.0 Å². The van der Waals surface area contributed by atoms with E-state index < -0.39 is 0 Å². The first-order chi connectivity index (χ1) is 8.21. The van der Waals surface area contributed by atoms with Crippen LogP contribution in [0.1, 0.15) is 19.4 Å². The molecule has 5 nitrogen and oxygen atoms in total. The predicted molar refractivity (Wildman–Crippen MR) is 87.6 cm³/mol. The maximum Gasteiger partial charge on any atom is 0.188 e. The highest BCUT2D eigenvalue weighted by atomic mass is 127. The van der Waals surface area contributed by atoms with Crippen molar-refractivity contribution in [2.45, 2.75) is 20.4 Å². The summed E-state index contributed by atoms with van der Waals surface area (Å²) in [4.78, 5) is 10.5. The number of nitrogens with zero attached hydrogens (tertiary/aromatic N) is 3. The number of pyridine rings is 1. The fourth-order valence-corrected chi connectivity index (χ4v) is 1.53. The summed E-state index contributed by atoms with van der Waals surface area (Å²) < 4.78 is 0. The number of hydrogen-bond acceptors (Lipinski definition) is 3. The fraction of sp³-hybridized carbons (Fsp3) is 0.500. The van der Waals surface area contributed by atoms with E-state index in [1.807, 2.05) is 12.3 Å². The number of nitrogens with two attached hydrogens (primary N) is 1. The zero-order valence-electron chi connectivity index (χ0n) is 11.2. The predicted octanol–water partition coefficient (Wildman–Crippen LogP) is 1.58. The molecule has 0 aromatic carbocycles. The molecule has 1 heterocycles. The minimum Gasteiger partial charge on any atom is -0.370 e. The third kappa shape index (κ3) is 5.07. The van der Waals surface area contributed by atoms with Gasteiger partial charge in [0.15, 0.2) is 5.96 Å². The number of rotatable bonds is 5. The molecule has 0 saturated carbocycles. The van der Waals surface area contributed by atoms with Crippen LogP contribution in [0.3, 0.4) is 0 Å². The van der Waals surface area contributed by atoms with E-state index in [9.17, 15) is 0 Å². The summed E-state index contributed by atoms with van der Waals surface area (Å²) in [5.41, 5.74) is 6.64. The second-order valence-corrected chi connectivity index (χ2v) is 3.66. The molecule has 1 aromatic rings. The van der Waals surface area contributed by atoms with Crippen molar-refractivity contribution < 1.29 is 0 Å². The van der Waals surface area contributed by atoms with E-state index in [2.05, 4.69) is 40.1 Å². The standard InChI is InChI=1S/C12H21N5.HI/c1-4-17(5-2)11-7-6-10(8-15-11)9-16-12(13)14-3;/h6-8H,4-5,9H2,1-3H3,(H3,13,14,16);1H. The molecule has 0 atom stereocenters. The lowest BCUT2D eigenvalue weighted by molar-refractivity contribution is 0.838. The number of anilines is 1. The van der Waals surface area contributed by atoms with Crippen LogP contribution in [0.15, 0.2) is 23.3 Å². The van der Waals surface area contributed by atoms with E-state index in [-0.39, 0.29) is 24.0 Å². The van der Waals surface area contributed by atoms with Crippen molar-refractivity contribution in [2.24, 2.45) is 10.7 Å². The van der Waals surface area contributed by atoms with Gasteiger partial charge in [0.2, 0.25) is 0 Å². The van der Waals surface area contributed by atoms with Gasteiger partial charge in [0.1, 0.15) is 5.82 Å². The van der Waals surface area contributed by atoms with Crippen LogP contribution in [0.2, 0.25) is 0 Å². The maximum atomic E-state index is 5.55. The van der Waals surface area contributed by atoms with Crippen LogP contribution in [-0.2, 0) is 6.54 Å². The molecule has 1 rings (SSSR count). The summed E-state index contributed by atoms with van der Waals surface area (Å²) in [7, 11) is 1.66. The van der Waals surface area contributed by atoms with Crippen LogP contribution in [0.4, 0.5) is 5.82 Å². The lowest BCUT2D eigenvalue weighted by Gasteiger charge is -2.19. The minimum atomic E-state index is 0. The molecule has 102 valence electrons. The fourth-order valence-electron chi connectivity index (χ4n) is 1.53. The van der Waals surface area contributed by atoms with Gasteiger partial charge in [-0.15, -0.1) is 24.0 Å². The lowest BCUT2D eigenvalue weighted by Crippen LogP contribution is -2.30. The van der Waals surface area contributed by atoms with Gasteiger partial charge in [-0.25, -0.2) is 4.98 Å². The van der Waals surface area contributed by atoms with E-state index >= 15 is 0 Å². The van der Waals surface area contributed by atoms with Crippen molar-refractivity contribution in [1.29, 1.82) is 0 Å². The van der Waals surface area contributed by atoms with E-state index in [1.54, 1.807) is 7.05 Å². The highest BCUT2D eigenvalue weighted by Gasteiger charge is 2.02. The quantitative estimate of drug-likeness (QED) is 0.474. The van der Waals surface area contributed by atoms with Gasteiger partial charge in [-0.3, -0.25) is 4.99 Å². The highest BCUT2D eigenvalue weighted by molar-refractivity contribution is 14.0. The lowest BCUT2D eigenvalue weighted by atomic mass is 10.2. The van der Waals surface area contributed by atoms with E-state index in [0.717, 1.165) is 24.5 Å². The normalized spacial score (nSPS) is 10.7. The Bertz CT molecular complexity index is 359. The Morgan fingerprint density at radius 1 is 1.39 bits per heavy atom. The summed E-state index contributed by atoms with van der Waals surface area (Å²) in [6.45, 7) is 6.83. The number of halogens is 1. The summed E-state index contributed by atoms with van der Waals surface area (Å²) >= 11 is 0. The number of aromatic nitrogens is 1. The average molecular weight is 363 g/mol. The molecular weight excluding hydrogens is 341 g/mol. The molecule has 0 aliphatic heterocycles. The van der Waals surface area contributed by atoms with Gasteiger partial charge < -0.3 is 16.0 Å². The zero-order valence-corrected chi connectivity index (χ0v) is 13.5. The van der Waals surface area contributed by atoms with E-state index in [0.29, 0.717) is 12.5 Å². The first-order valence-electron chi connectivity index (χ1n) is 5.87. The Morgan fingerprint density at radius 2 is 2.06 bits per heavy atom. The SMILES string of the molecule is CCN(CC)c1ccc(CNC(N)=NC)cn1.I. The van der Waals surface area contributed by atoms with Crippen LogP contribution in [0, 0.1) is 0 Å². The third-order valence-corrected chi connectivity index (χ3v) is 2.61. The largest absolute Gasteiger partial charge is 0.370 e. The van der Waals surface area contributed by atoms with Gasteiger partial charge in [-0.05, 0) is 25.5 Å². The van der Waals surface area contributed by atoms with Gasteiger partial charge in [0, 0.05) is 32.9 Å². The molecule has 18 heavy (non-hydrogen) atoms. The van der Waals surface area contributed by atoms with Gasteiger partial charge >= 0.3 is 0 Å².